The van der Waals surface area contributed by atoms with Crippen molar-refractivity contribution in [1.82, 2.24) is 14.7 Å². The van der Waals surface area contributed by atoms with Crippen LogP contribution in [0.3, 0.4) is 0 Å². The molecule has 31 heavy (non-hydrogen) atoms. The second-order valence-electron chi connectivity index (χ2n) is 6.26. The van der Waals surface area contributed by atoms with Crippen molar-refractivity contribution in [3.05, 3.63) is 0 Å². The molecule has 0 fully saturated rings. The van der Waals surface area contributed by atoms with Crippen LogP contribution in [0.15, 0.2) is 0 Å². The van der Waals surface area contributed by atoms with Gasteiger partial charge >= 0.3 is 30.3 Å². The average Bonchev–Trinajstić information content (AvgIpc) is 2.67. The van der Waals surface area contributed by atoms with Crippen LogP contribution in [0, 0.1) is 0 Å². The Morgan fingerprint density at radius 2 is 1.26 bits per heavy atom. The second kappa shape index (κ2) is 11.1. The summed E-state index contributed by atoms with van der Waals surface area (Å²) in [4.78, 5) is 11.9. The molecule has 0 aliphatic rings. The Labute approximate surface area is 175 Å². The van der Waals surface area contributed by atoms with E-state index in [1.54, 1.807) is 0 Å². The quantitative estimate of drug-likeness (QED) is 0.286. The maximum absolute atomic E-state index is 15.0. The highest BCUT2D eigenvalue weighted by molar-refractivity contribution is 7.60. The average molecular weight is 493 g/mol. The van der Waals surface area contributed by atoms with E-state index in [0.29, 0.717) is 0 Å². The zero-order valence-electron chi connectivity index (χ0n) is 17.8. The van der Waals surface area contributed by atoms with Crippen molar-refractivity contribution in [2.24, 2.45) is 0 Å². The lowest BCUT2D eigenvalue weighted by Gasteiger charge is -2.46. The van der Waals surface area contributed by atoms with E-state index in [0.717, 1.165) is 9.34 Å². The lowest BCUT2D eigenvalue weighted by Crippen LogP contribution is -2.66. The van der Waals surface area contributed by atoms with Gasteiger partial charge in [-0.25, -0.2) is 22.9 Å². The van der Waals surface area contributed by atoms with Gasteiger partial charge in [0.05, 0.1) is 6.61 Å². The van der Waals surface area contributed by atoms with Crippen molar-refractivity contribution in [3.63, 3.8) is 0 Å². The molecule has 1 N–H and O–H groups in total. The van der Waals surface area contributed by atoms with Crippen molar-refractivity contribution >= 4 is 13.5 Å². The van der Waals surface area contributed by atoms with Crippen molar-refractivity contribution < 1.29 is 49.2 Å². The van der Waals surface area contributed by atoms with Crippen LogP contribution in [0.4, 0.5) is 39.9 Å². The predicted molar refractivity (Wildman–Crippen MR) is 98.2 cm³/mol. The minimum absolute atomic E-state index is 0.266. The molecule has 0 aromatic carbocycles. The summed E-state index contributed by atoms with van der Waals surface area (Å²) >= 11 is 0. The fraction of sp³-hybridized carbons (Fsp3) is 0.938. The molecule has 0 bridgehead atoms. The molecule has 186 valence electrons. The number of ether oxygens (including phenoxy) is 1. The van der Waals surface area contributed by atoms with Gasteiger partial charge in [-0.15, -0.1) is 0 Å². The van der Waals surface area contributed by atoms with E-state index in [-0.39, 0.29) is 26.2 Å². The molecule has 0 aliphatic heterocycles. The molecule has 0 saturated carbocycles. The van der Waals surface area contributed by atoms with E-state index in [1.807, 2.05) is 0 Å². The summed E-state index contributed by atoms with van der Waals surface area (Å²) in [5.41, 5.74) is 0. The Kier molecular flexibility index (Phi) is 10.7. The first-order chi connectivity index (χ1) is 14.1. The smallest absolute Gasteiger partial charge is 0.408 e. The molecule has 15 heteroatoms. The number of carbonyl (C=O) groups is 1. The number of nitrogens with one attached hydrogen (secondary N) is 1. The molecule has 0 radical (unpaired) electrons. The summed E-state index contributed by atoms with van der Waals surface area (Å²) in [6.07, 6.45) is -6.90. The van der Waals surface area contributed by atoms with Gasteiger partial charge in [-0.2, -0.15) is 26.3 Å². The summed E-state index contributed by atoms with van der Waals surface area (Å²) < 4.78 is 131. The van der Waals surface area contributed by atoms with Crippen LogP contribution in [0.1, 0.15) is 34.6 Å². The highest BCUT2D eigenvalue weighted by atomic mass is 31.2. The minimum Gasteiger partial charge on any atom is -0.450 e. The first-order valence-corrected chi connectivity index (χ1v) is 11.2. The summed E-state index contributed by atoms with van der Waals surface area (Å²) in [6, 6.07) is 0. The number of halogens is 8. The van der Waals surface area contributed by atoms with Crippen LogP contribution in [-0.4, -0.2) is 78.2 Å². The van der Waals surface area contributed by atoms with Gasteiger partial charge < -0.3 is 10.1 Å². The van der Waals surface area contributed by atoms with Crippen LogP contribution in [0.2, 0.25) is 0 Å². The van der Waals surface area contributed by atoms with Gasteiger partial charge in [-0.1, -0.05) is 27.7 Å². The van der Waals surface area contributed by atoms with Gasteiger partial charge in [0.15, 0.2) is 5.78 Å². The molecule has 0 aromatic rings. The van der Waals surface area contributed by atoms with Crippen molar-refractivity contribution in [2.75, 3.05) is 32.8 Å². The molecule has 0 rings (SSSR count). The standard InChI is InChI=1S/C16H28F8N3O3P/c1-6-26(7-2)31(29,27(8-3)9-4)12(25-13(28)30-10-5)15(21,22)16(23,24)14(19,20)11(17)18/h11-12H,6-10H2,1-5H3,(H,25,28). The molecule has 6 nitrogen and oxygen atoms in total. The molecule has 1 amide bonds. The molecular formula is C16H28F8N3O3P. The Hall–Kier alpha value is -1.14. The predicted octanol–water partition coefficient (Wildman–Crippen LogP) is 5.11. The van der Waals surface area contributed by atoms with Crippen molar-refractivity contribution in [1.29, 1.82) is 0 Å². The van der Waals surface area contributed by atoms with Gasteiger partial charge in [-0.3, -0.25) is 4.57 Å². The van der Waals surface area contributed by atoms with Gasteiger partial charge in [0.25, 0.3) is 0 Å². The summed E-state index contributed by atoms with van der Waals surface area (Å²) in [5, 5.41) is 1.30. The SMILES string of the molecule is CCOC(=O)NC(C(F)(F)C(F)(F)C(F)(F)C(F)F)P(=O)(N(CC)CC)N(CC)CC. The molecule has 0 aliphatic carbocycles. The topological polar surface area (TPSA) is 61.9 Å². The molecule has 0 saturated heterocycles. The van der Waals surface area contributed by atoms with E-state index in [1.165, 1.54) is 39.9 Å². The maximum atomic E-state index is 15.0. The number of amides is 1. The van der Waals surface area contributed by atoms with E-state index < -0.39 is 50.1 Å². The van der Waals surface area contributed by atoms with Crippen LogP contribution < -0.4 is 5.32 Å². The lowest BCUT2D eigenvalue weighted by molar-refractivity contribution is -0.339. The summed E-state index contributed by atoms with van der Waals surface area (Å²) in [5.74, 6) is -22.7. The normalized spacial score (nSPS) is 15.0. The Morgan fingerprint density at radius 3 is 1.55 bits per heavy atom. The third-order valence-corrected chi connectivity index (χ3v) is 8.47. The van der Waals surface area contributed by atoms with E-state index in [2.05, 4.69) is 4.74 Å². The summed E-state index contributed by atoms with van der Waals surface area (Å²) in [6.45, 7) is 5.11. The monoisotopic (exact) mass is 493 g/mol. The Morgan fingerprint density at radius 1 is 0.871 bits per heavy atom. The third kappa shape index (κ3) is 5.44. The molecule has 1 unspecified atom stereocenters. The zero-order valence-corrected chi connectivity index (χ0v) is 18.7. The number of nitrogens with zero attached hydrogens (tertiary/aromatic N) is 2. The number of hydrogen-bond donors (Lipinski definition) is 1. The molecule has 0 aromatic heterocycles. The molecule has 0 heterocycles. The first kappa shape index (κ1) is 29.9. The number of hydrogen-bond acceptors (Lipinski definition) is 3. The minimum atomic E-state index is -6.67. The number of rotatable bonds is 13. The highest BCUT2D eigenvalue weighted by Gasteiger charge is 2.80. The Bertz CT molecular complexity index is 615. The van der Waals surface area contributed by atoms with Crippen molar-refractivity contribution in [2.45, 2.75) is 64.6 Å². The van der Waals surface area contributed by atoms with E-state index in [4.69, 9.17) is 0 Å². The van der Waals surface area contributed by atoms with E-state index >= 15 is 8.78 Å². The van der Waals surface area contributed by atoms with Gasteiger partial charge in [0.2, 0.25) is 7.44 Å². The first-order valence-electron chi connectivity index (χ1n) is 9.52. The number of alkyl halides is 8. The number of alkyl carbamates (subject to hydrolysis) is 1. The fourth-order valence-corrected chi connectivity index (χ4v) is 6.45. The molecule has 1 atom stereocenters. The van der Waals surface area contributed by atoms with Crippen LogP contribution in [0.25, 0.3) is 0 Å². The van der Waals surface area contributed by atoms with E-state index in [9.17, 15) is 35.7 Å². The zero-order chi connectivity index (χ0) is 24.8. The fourth-order valence-electron chi connectivity index (χ4n) is 2.96. The van der Waals surface area contributed by atoms with Gasteiger partial charge in [-0.05, 0) is 6.92 Å². The molecule has 0 spiro atoms. The maximum Gasteiger partial charge on any atom is 0.408 e. The lowest BCUT2D eigenvalue weighted by atomic mass is 10.0. The van der Waals surface area contributed by atoms with Gasteiger partial charge in [0.1, 0.15) is 0 Å². The van der Waals surface area contributed by atoms with Crippen LogP contribution >= 0.6 is 7.44 Å². The molecular weight excluding hydrogens is 465 g/mol. The van der Waals surface area contributed by atoms with Gasteiger partial charge in [0, 0.05) is 26.2 Å². The summed E-state index contributed by atoms with van der Waals surface area (Å²) in [7, 11) is -5.00. The van der Waals surface area contributed by atoms with Crippen LogP contribution in [0.5, 0.6) is 0 Å². The third-order valence-electron chi connectivity index (χ3n) is 4.59. The number of carbonyl (C=O) groups excluding carboxylic acids is 1. The van der Waals surface area contributed by atoms with Crippen LogP contribution in [-0.2, 0) is 9.30 Å². The van der Waals surface area contributed by atoms with Crippen molar-refractivity contribution in [3.8, 4) is 0 Å². The second-order valence-corrected chi connectivity index (χ2v) is 9.08. The Balaban J connectivity index is 7.04. The largest absolute Gasteiger partial charge is 0.450 e. The highest BCUT2D eigenvalue weighted by Crippen LogP contribution is 2.64.